The van der Waals surface area contributed by atoms with E-state index in [4.69, 9.17) is 9.84 Å². The lowest BCUT2D eigenvalue weighted by molar-refractivity contribution is 0.0696. The second kappa shape index (κ2) is 7.41. The van der Waals surface area contributed by atoms with Crippen molar-refractivity contribution in [3.8, 4) is 5.75 Å². The maximum atomic E-state index is 13.8. The monoisotopic (exact) mass is 353 g/mol. The Labute approximate surface area is 138 Å². The lowest BCUT2D eigenvalue weighted by atomic mass is 10.2. The summed E-state index contributed by atoms with van der Waals surface area (Å²) in [4.78, 5) is 10.2. The standard InChI is InChI=1S/C16H16FNO5S/c1-2-23-14-6-4-3-5-12(14)10-18-24(21,22)15-9-11(16(19)20)7-8-13(15)17/h3-9,18H,2,10H2,1H3,(H,19,20). The lowest BCUT2D eigenvalue weighted by Crippen LogP contribution is -2.25. The molecular formula is C16H16FNO5S. The zero-order valence-corrected chi connectivity index (χ0v) is 13.6. The molecule has 2 N–H and O–H groups in total. The predicted molar refractivity (Wildman–Crippen MR) is 85.0 cm³/mol. The van der Waals surface area contributed by atoms with E-state index in [1.165, 1.54) is 0 Å². The Morgan fingerprint density at radius 3 is 2.62 bits per heavy atom. The molecule has 0 fully saturated rings. The van der Waals surface area contributed by atoms with Gasteiger partial charge in [0.1, 0.15) is 16.5 Å². The molecule has 8 heteroatoms. The zero-order valence-electron chi connectivity index (χ0n) is 12.8. The molecule has 0 atom stereocenters. The number of para-hydroxylation sites is 1. The van der Waals surface area contributed by atoms with Gasteiger partial charge in [-0.1, -0.05) is 18.2 Å². The van der Waals surface area contributed by atoms with Gasteiger partial charge in [-0.05, 0) is 31.2 Å². The van der Waals surface area contributed by atoms with Crippen molar-refractivity contribution in [1.29, 1.82) is 0 Å². The maximum absolute atomic E-state index is 13.8. The summed E-state index contributed by atoms with van der Waals surface area (Å²) in [6.45, 7) is 2.10. The summed E-state index contributed by atoms with van der Waals surface area (Å²) in [7, 11) is -4.22. The number of hydrogen-bond donors (Lipinski definition) is 2. The molecule has 0 saturated heterocycles. The summed E-state index contributed by atoms with van der Waals surface area (Å²) in [5.74, 6) is -1.85. The molecule has 2 aromatic rings. The number of benzene rings is 2. The van der Waals surface area contributed by atoms with Crippen LogP contribution in [0.25, 0.3) is 0 Å². The highest BCUT2D eigenvalue weighted by molar-refractivity contribution is 7.89. The Morgan fingerprint density at radius 2 is 1.96 bits per heavy atom. The topological polar surface area (TPSA) is 92.7 Å². The number of rotatable bonds is 7. The van der Waals surface area contributed by atoms with E-state index in [1.54, 1.807) is 31.2 Å². The minimum atomic E-state index is -4.22. The van der Waals surface area contributed by atoms with Crippen LogP contribution in [-0.4, -0.2) is 26.1 Å². The number of carboxylic acids is 1. The molecule has 0 aliphatic rings. The highest BCUT2D eigenvalue weighted by Gasteiger charge is 2.21. The number of sulfonamides is 1. The first-order valence-electron chi connectivity index (χ1n) is 7.08. The van der Waals surface area contributed by atoms with Gasteiger partial charge in [-0.3, -0.25) is 0 Å². The molecule has 0 aromatic heterocycles. The fourth-order valence-corrected chi connectivity index (χ4v) is 3.15. The average Bonchev–Trinajstić information content (AvgIpc) is 2.54. The Morgan fingerprint density at radius 1 is 1.25 bits per heavy atom. The largest absolute Gasteiger partial charge is 0.494 e. The number of halogens is 1. The minimum absolute atomic E-state index is 0.116. The van der Waals surface area contributed by atoms with Crippen LogP contribution in [0.15, 0.2) is 47.4 Å². The molecule has 2 rings (SSSR count). The first kappa shape index (κ1) is 17.9. The van der Waals surface area contributed by atoms with Crippen LogP contribution in [0.2, 0.25) is 0 Å². The number of aromatic carboxylic acids is 1. The predicted octanol–water partition coefficient (Wildman–Crippen LogP) is 2.40. The van der Waals surface area contributed by atoms with Gasteiger partial charge < -0.3 is 9.84 Å². The number of nitrogens with one attached hydrogen (secondary N) is 1. The van der Waals surface area contributed by atoms with Gasteiger partial charge in [0.2, 0.25) is 10.0 Å². The molecule has 6 nitrogen and oxygen atoms in total. The third-order valence-electron chi connectivity index (χ3n) is 3.19. The molecule has 0 spiro atoms. The highest BCUT2D eigenvalue weighted by Crippen LogP contribution is 2.20. The fraction of sp³-hybridized carbons (Fsp3) is 0.188. The van der Waals surface area contributed by atoms with Gasteiger partial charge in [-0.15, -0.1) is 0 Å². The van der Waals surface area contributed by atoms with Crippen LogP contribution < -0.4 is 9.46 Å². The third-order valence-corrected chi connectivity index (χ3v) is 4.61. The Balaban J connectivity index is 2.27. The highest BCUT2D eigenvalue weighted by atomic mass is 32.2. The van der Waals surface area contributed by atoms with Gasteiger partial charge in [0.25, 0.3) is 0 Å². The van der Waals surface area contributed by atoms with Crippen LogP contribution in [0.5, 0.6) is 5.75 Å². The van der Waals surface area contributed by atoms with E-state index in [-0.39, 0.29) is 12.1 Å². The smallest absolute Gasteiger partial charge is 0.335 e. The quantitative estimate of drug-likeness (QED) is 0.797. The molecule has 0 aliphatic heterocycles. The summed E-state index contributed by atoms with van der Waals surface area (Å²) in [5, 5.41) is 8.92. The van der Waals surface area contributed by atoms with Gasteiger partial charge in [-0.25, -0.2) is 22.3 Å². The van der Waals surface area contributed by atoms with Crippen molar-refractivity contribution in [2.75, 3.05) is 6.61 Å². The van der Waals surface area contributed by atoms with Crippen molar-refractivity contribution < 1.29 is 27.4 Å². The van der Waals surface area contributed by atoms with E-state index in [9.17, 15) is 17.6 Å². The average molecular weight is 353 g/mol. The number of hydrogen-bond acceptors (Lipinski definition) is 4. The second-order valence-corrected chi connectivity index (χ2v) is 6.55. The molecular weight excluding hydrogens is 337 g/mol. The van der Waals surface area contributed by atoms with Gasteiger partial charge in [0.15, 0.2) is 0 Å². The van der Waals surface area contributed by atoms with Crippen molar-refractivity contribution in [2.45, 2.75) is 18.4 Å². The van der Waals surface area contributed by atoms with Crippen LogP contribution in [0.1, 0.15) is 22.8 Å². The molecule has 0 bridgehead atoms. The second-order valence-electron chi connectivity index (χ2n) is 4.82. The Kier molecular flexibility index (Phi) is 5.53. The molecule has 2 aromatic carbocycles. The van der Waals surface area contributed by atoms with Gasteiger partial charge in [0, 0.05) is 12.1 Å². The molecule has 0 amide bonds. The molecule has 0 saturated carbocycles. The molecule has 0 unspecified atom stereocenters. The van der Waals surface area contributed by atoms with Gasteiger partial charge in [-0.2, -0.15) is 0 Å². The zero-order chi connectivity index (χ0) is 17.7. The van der Waals surface area contributed by atoms with Crippen LogP contribution in [0.3, 0.4) is 0 Å². The molecule has 0 heterocycles. The summed E-state index contributed by atoms with van der Waals surface area (Å²) >= 11 is 0. The van der Waals surface area contributed by atoms with Gasteiger partial charge >= 0.3 is 5.97 Å². The lowest BCUT2D eigenvalue weighted by Gasteiger charge is -2.12. The first-order valence-corrected chi connectivity index (χ1v) is 8.56. The van der Waals surface area contributed by atoms with Crippen molar-refractivity contribution in [3.05, 3.63) is 59.4 Å². The fourth-order valence-electron chi connectivity index (χ4n) is 2.04. The van der Waals surface area contributed by atoms with E-state index in [0.29, 0.717) is 17.9 Å². The number of ether oxygens (including phenoxy) is 1. The maximum Gasteiger partial charge on any atom is 0.335 e. The van der Waals surface area contributed by atoms with Crippen LogP contribution in [-0.2, 0) is 16.6 Å². The molecule has 0 radical (unpaired) electrons. The summed E-state index contributed by atoms with van der Waals surface area (Å²) < 4.78 is 46.0. The SMILES string of the molecule is CCOc1ccccc1CNS(=O)(=O)c1cc(C(=O)O)ccc1F. The number of carboxylic acid groups (broad SMARTS) is 1. The third kappa shape index (κ3) is 4.09. The minimum Gasteiger partial charge on any atom is -0.494 e. The summed E-state index contributed by atoms with van der Waals surface area (Å²) in [6.07, 6.45) is 0. The van der Waals surface area contributed by atoms with E-state index in [0.717, 1.165) is 18.2 Å². The Bertz CT molecular complexity index is 851. The van der Waals surface area contributed by atoms with E-state index < -0.39 is 26.7 Å². The first-order chi connectivity index (χ1) is 11.3. The van der Waals surface area contributed by atoms with Crippen molar-refractivity contribution in [2.24, 2.45) is 0 Å². The van der Waals surface area contributed by atoms with E-state index in [2.05, 4.69) is 4.72 Å². The number of carbonyl (C=O) groups is 1. The Hall–Kier alpha value is -2.45. The molecule has 0 aliphatic carbocycles. The van der Waals surface area contributed by atoms with E-state index >= 15 is 0 Å². The van der Waals surface area contributed by atoms with Crippen molar-refractivity contribution in [3.63, 3.8) is 0 Å². The molecule has 24 heavy (non-hydrogen) atoms. The van der Waals surface area contributed by atoms with Crippen LogP contribution in [0.4, 0.5) is 4.39 Å². The summed E-state index contributed by atoms with van der Waals surface area (Å²) in [6, 6.07) is 9.44. The van der Waals surface area contributed by atoms with Crippen LogP contribution in [0, 0.1) is 5.82 Å². The van der Waals surface area contributed by atoms with Crippen molar-refractivity contribution >= 4 is 16.0 Å². The molecule has 128 valence electrons. The van der Waals surface area contributed by atoms with Gasteiger partial charge in [0.05, 0.1) is 12.2 Å². The van der Waals surface area contributed by atoms with E-state index in [1.807, 2.05) is 0 Å². The van der Waals surface area contributed by atoms with Crippen molar-refractivity contribution in [1.82, 2.24) is 4.72 Å². The van der Waals surface area contributed by atoms with Crippen LogP contribution >= 0.6 is 0 Å². The summed E-state index contributed by atoms with van der Waals surface area (Å²) in [5.41, 5.74) is 0.268. The normalized spacial score (nSPS) is 11.2.